The van der Waals surface area contributed by atoms with Crippen LogP contribution in [-0.4, -0.2) is 68.6 Å². The van der Waals surface area contributed by atoms with Crippen LogP contribution in [0.3, 0.4) is 0 Å². The Balaban J connectivity index is 1.51. The number of hydrogen-bond donors (Lipinski definition) is 0. The van der Waals surface area contributed by atoms with Crippen LogP contribution in [0.15, 0.2) is 55.1 Å². The molecule has 2 aliphatic rings. The zero-order valence-corrected chi connectivity index (χ0v) is 24.9. The van der Waals surface area contributed by atoms with E-state index >= 15 is 0 Å². The van der Waals surface area contributed by atoms with Gasteiger partial charge < -0.3 is 28.7 Å². The maximum atomic E-state index is 12.9. The van der Waals surface area contributed by atoms with E-state index in [1.807, 2.05) is 37.8 Å². The summed E-state index contributed by atoms with van der Waals surface area (Å²) in [7, 11) is 1.68. The lowest BCUT2D eigenvalue weighted by Crippen LogP contribution is -2.48. The molecule has 0 spiro atoms. The number of fused-ring (bicyclic) bond motifs is 1. The summed E-state index contributed by atoms with van der Waals surface area (Å²) in [4.78, 5) is 29.3. The van der Waals surface area contributed by atoms with Gasteiger partial charge in [-0.25, -0.2) is 4.79 Å². The first kappa shape index (κ1) is 30.6. The summed E-state index contributed by atoms with van der Waals surface area (Å²) in [6, 6.07) is 14.3. The minimum atomic E-state index is -0.568. The Kier molecular flexibility index (Phi) is 10.5. The molecule has 1 fully saturated rings. The first-order valence-electron chi connectivity index (χ1n) is 14.5. The summed E-state index contributed by atoms with van der Waals surface area (Å²) in [5.41, 5.74) is 3.71. The number of likely N-dealkylation sites (tertiary alicyclic amines) is 1. The predicted octanol–water partition coefficient (Wildman–Crippen LogP) is 5.88. The molecular formula is C33H44N2O6. The molecule has 8 heteroatoms. The van der Waals surface area contributed by atoms with Crippen molar-refractivity contribution in [3.05, 3.63) is 71.8 Å². The van der Waals surface area contributed by atoms with Gasteiger partial charge in [-0.2, -0.15) is 0 Å². The Labute approximate surface area is 244 Å². The first-order chi connectivity index (χ1) is 19.7. The van der Waals surface area contributed by atoms with E-state index in [9.17, 15) is 9.59 Å². The number of benzene rings is 2. The van der Waals surface area contributed by atoms with Crippen molar-refractivity contribution >= 4 is 17.7 Å². The van der Waals surface area contributed by atoms with Gasteiger partial charge in [0, 0.05) is 44.8 Å². The van der Waals surface area contributed by atoms with Gasteiger partial charge in [0.15, 0.2) is 0 Å². The van der Waals surface area contributed by atoms with Crippen molar-refractivity contribution in [3.63, 3.8) is 0 Å². The van der Waals surface area contributed by atoms with E-state index in [0.29, 0.717) is 45.9 Å². The number of piperidine rings is 1. The first-order valence-corrected chi connectivity index (χ1v) is 14.5. The highest BCUT2D eigenvalue weighted by atomic mass is 16.6. The Morgan fingerprint density at radius 3 is 2.61 bits per heavy atom. The average Bonchev–Trinajstić information content (AvgIpc) is 2.95. The second-order valence-corrected chi connectivity index (χ2v) is 11.7. The quantitative estimate of drug-likeness (QED) is 0.251. The van der Waals surface area contributed by atoms with Crippen molar-refractivity contribution < 1.29 is 28.5 Å². The van der Waals surface area contributed by atoms with Crippen LogP contribution < -0.4 is 9.64 Å². The summed E-state index contributed by atoms with van der Waals surface area (Å²) in [6.07, 6.45) is 3.98. The summed E-state index contributed by atoms with van der Waals surface area (Å²) in [6.45, 7) is 12.4. The largest absolute Gasteiger partial charge is 0.490 e. The Morgan fingerprint density at radius 2 is 1.90 bits per heavy atom. The second kappa shape index (κ2) is 14.0. The normalized spacial score (nSPS) is 19.1. The molecule has 222 valence electrons. The third-order valence-electron chi connectivity index (χ3n) is 7.43. The molecule has 0 saturated carbocycles. The molecule has 0 aliphatic carbocycles. The van der Waals surface area contributed by atoms with Crippen molar-refractivity contribution in [1.29, 1.82) is 0 Å². The average molecular weight is 565 g/mol. The smallest absolute Gasteiger partial charge is 0.410 e. The topological polar surface area (TPSA) is 77.5 Å². The molecule has 4 rings (SSSR count). The van der Waals surface area contributed by atoms with Gasteiger partial charge in [-0.05, 0) is 74.9 Å². The summed E-state index contributed by atoms with van der Waals surface area (Å²) in [5, 5.41) is 0. The Bertz CT molecular complexity index is 1190. The number of hydrogen-bond acceptors (Lipinski definition) is 6. The molecule has 0 bridgehead atoms. The van der Waals surface area contributed by atoms with E-state index in [1.165, 1.54) is 5.56 Å². The van der Waals surface area contributed by atoms with E-state index in [1.54, 1.807) is 18.1 Å². The van der Waals surface area contributed by atoms with Gasteiger partial charge in [-0.3, -0.25) is 4.79 Å². The Morgan fingerprint density at radius 1 is 1.12 bits per heavy atom. The molecule has 8 nitrogen and oxygen atoms in total. The molecule has 2 unspecified atom stereocenters. The van der Waals surface area contributed by atoms with Crippen molar-refractivity contribution in [2.45, 2.75) is 70.7 Å². The molecular weight excluding hydrogens is 520 g/mol. The molecule has 2 aliphatic heterocycles. The molecule has 41 heavy (non-hydrogen) atoms. The van der Waals surface area contributed by atoms with Gasteiger partial charge >= 0.3 is 6.09 Å². The molecule has 0 radical (unpaired) electrons. The monoisotopic (exact) mass is 564 g/mol. The number of methoxy groups -OCH3 is 1. The van der Waals surface area contributed by atoms with Crippen LogP contribution in [0.1, 0.15) is 62.6 Å². The number of carbonyl (C=O) groups excluding carboxylic acids is 2. The fourth-order valence-electron chi connectivity index (χ4n) is 5.41. The maximum Gasteiger partial charge on any atom is 0.410 e. The lowest BCUT2D eigenvalue weighted by molar-refractivity contribution is -0.118. The van der Waals surface area contributed by atoms with Crippen molar-refractivity contribution in [1.82, 2.24) is 4.90 Å². The fraction of sp³-hybridized carbons (Fsp3) is 0.515. The summed E-state index contributed by atoms with van der Waals surface area (Å²) >= 11 is 0. The van der Waals surface area contributed by atoms with Crippen LogP contribution in [0.2, 0.25) is 0 Å². The molecule has 0 N–H and O–H groups in total. The van der Waals surface area contributed by atoms with Gasteiger partial charge in [0.2, 0.25) is 5.91 Å². The van der Waals surface area contributed by atoms with Gasteiger partial charge in [0.1, 0.15) is 18.0 Å². The number of aryl methyl sites for hydroxylation is 1. The fourth-order valence-corrected chi connectivity index (χ4v) is 5.41. The third-order valence-corrected chi connectivity index (χ3v) is 7.43. The van der Waals surface area contributed by atoms with Gasteiger partial charge in [0.05, 0.1) is 19.3 Å². The van der Waals surface area contributed by atoms with Gasteiger partial charge in [0.25, 0.3) is 0 Å². The zero-order valence-electron chi connectivity index (χ0n) is 24.9. The molecule has 2 amide bonds. The van der Waals surface area contributed by atoms with Crippen LogP contribution in [-0.2, 0) is 32.0 Å². The summed E-state index contributed by atoms with van der Waals surface area (Å²) in [5.74, 6) is 1.04. The zero-order chi connectivity index (χ0) is 29.4. The van der Waals surface area contributed by atoms with Crippen LogP contribution in [0.25, 0.3) is 0 Å². The van der Waals surface area contributed by atoms with E-state index in [-0.39, 0.29) is 24.0 Å². The lowest BCUT2D eigenvalue weighted by Gasteiger charge is -2.39. The van der Waals surface area contributed by atoms with Gasteiger partial charge in [-0.15, -0.1) is 0 Å². The number of rotatable bonds is 11. The molecule has 1 saturated heterocycles. The highest BCUT2D eigenvalue weighted by molar-refractivity contribution is 5.96. The van der Waals surface area contributed by atoms with Crippen molar-refractivity contribution in [3.8, 4) is 5.75 Å². The standard InChI is InChI=1S/C33H44N2O6/c1-6-19-39-27-13-10-25(11-14-27)28-16-18-34(32(37)41-33(2,3)4)22-30(28)40-23-24-8-9-26-12-15-31(36)35(29(26)21-24)17-7-20-38-5/h6,8-11,13-14,21,28,30H,1,7,12,15-20,22-23H2,2-5H3. The van der Waals surface area contributed by atoms with E-state index in [2.05, 4.69) is 36.9 Å². The van der Waals surface area contributed by atoms with E-state index in [4.69, 9.17) is 18.9 Å². The maximum absolute atomic E-state index is 12.9. The number of ether oxygens (including phenoxy) is 4. The lowest BCUT2D eigenvalue weighted by atomic mass is 9.87. The molecule has 0 aromatic heterocycles. The van der Waals surface area contributed by atoms with Crippen molar-refractivity contribution in [2.24, 2.45) is 0 Å². The van der Waals surface area contributed by atoms with E-state index < -0.39 is 5.60 Å². The molecule has 2 aromatic carbocycles. The molecule has 2 atom stereocenters. The minimum absolute atomic E-state index is 0.104. The van der Waals surface area contributed by atoms with Crippen molar-refractivity contribution in [2.75, 3.05) is 44.9 Å². The Hall–Kier alpha value is -3.36. The SMILES string of the molecule is C=CCOc1ccc(C2CCN(C(=O)OC(C)(C)C)CC2OCc2ccc3c(c2)N(CCCOC)C(=O)CC3)cc1. The predicted molar refractivity (Wildman–Crippen MR) is 159 cm³/mol. The van der Waals surface area contributed by atoms with Crippen LogP contribution >= 0.6 is 0 Å². The number of anilines is 1. The number of carbonyl (C=O) groups is 2. The summed E-state index contributed by atoms with van der Waals surface area (Å²) < 4.78 is 23.1. The number of amides is 2. The van der Waals surface area contributed by atoms with Crippen LogP contribution in [0.4, 0.5) is 10.5 Å². The van der Waals surface area contributed by atoms with Crippen LogP contribution in [0, 0.1) is 0 Å². The third kappa shape index (κ3) is 8.33. The molecule has 2 aromatic rings. The molecule has 2 heterocycles. The van der Waals surface area contributed by atoms with E-state index in [0.717, 1.165) is 41.8 Å². The highest BCUT2D eigenvalue weighted by Crippen LogP contribution is 2.34. The van der Waals surface area contributed by atoms with Crippen LogP contribution in [0.5, 0.6) is 5.75 Å². The highest BCUT2D eigenvalue weighted by Gasteiger charge is 2.35. The minimum Gasteiger partial charge on any atom is -0.490 e. The van der Waals surface area contributed by atoms with Gasteiger partial charge in [-0.1, -0.05) is 36.9 Å². The second-order valence-electron chi connectivity index (χ2n) is 11.7. The number of nitrogens with zero attached hydrogens (tertiary/aromatic N) is 2.